The molecule has 3 atom stereocenters. The predicted octanol–water partition coefficient (Wildman–Crippen LogP) is -0.0420. The fourth-order valence-corrected chi connectivity index (χ4v) is 4.97. The third kappa shape index (κ3) is 4.32. The van der Waals surface area contributed by atoms with Crippen LogP contribution >= 0.6 is 12.4 Å². The fraction of sp³-hybridized carbons (Fsp3) is 0.562. The Balaban J connectivity index is 0.00000225. The van der Waals surface area contributed by atoms with Crippen molar-refractivity contribution in [3.8, 4) is 0 Å². The summed E-state index contributed by atoms with van der Waals surface area (Å²) in [4.78, 5) is 12.7. The Kier molecular flexibility index (Phi) is 6.81. The number of halogens is 1. The molecular formula is C16H24ClN3O4S. The number of hydrogen-bond donors (Lipinski definition) is 3. The van der Waals surface area contributed by atoms with Gasteiger partial charge in [0.25, 0.3) is 0 Å². The van der Waals surface area contributed by atoms with Crippen LogP contribution in [-0.4, -0.2) is 62.1 Å². The van der Waals surface area contributed by atoms with E-state index in [1.165, 1.54) is 4.31 Å². The number of aliphatic hydroxyl groups excluding tert-OH is 1. The molecule has 0 aromatic heterocycles. The highest BCUT2D eigenvalue weighted by atomic mass is 35.5. The number of amides is 1. The molecule has 2 aliphatic heterocycles. The second kappa shape index (κ2) is 8.46. The van der Waals surface area contributed by atoms with Gasteiger partial charge < -0.3 is 15.7 Å². The van der Waals surface area contributed by atoms with Crippen LogP contribution < -0.4 is 10.6 Å². The molecule has 3 rings (SSSR count). The summed E-state index contributed by atoms with van der Waals surface area (Å²) in [7, 11) is -3.67. The van der Waals surface area contributed by atoms with Crippen molar-refractivity contribution in [3.05, 3.63) is 30.3 Å². The Labute approximate surface area is 154 Å². The van der Waals surface area contributed by atoms with Gasteiger partial charge >= 0.3 is 0 Å². The van der Waals surface area contributed by atoms with Crippen LogP contribution in [0.25, 0.3) is 0 Å². The molecule has 140 valence electrons. The SMILES string of the molecule is Cl.O=C(NCC1CNCC1O)C1CCCN1S(=O)(=O)c1ccccc1. The first-order valence-electron chi connectivity index (χ1n) is 8.23. The van der Waals surface area contributed by atoms with E-state index in [-0.39, 0.29) is 29.1 Å². The van der Waals surface area contributed by atoms with E-state index in [0.717, 1.165) is 0 Å². The van der Waals surface area contributed by atoms with Crippen LogP contribution in [0.15, 0.2) is 35.2 Å². The highest BCUT2D eigenvalue weighted by Gasteiger charge is 2.39. The number of hydrogen-bond acceptors (Lipinski definition) is 5. The van der Waals surface area contributed by atoms with E-state index in [9.17, 15) is 18.3 Å². The number of carbonyl (C=O) groups excluding carboxylic acids is 1. The zero-order chi connectivity index (χ0) is 17.2. The summed E-state index contributed by atoms with van der Waals surface area (Å²) in [5.41, 5.74) is 0. The summed E-state index contributed by atoms with van der Waals surface area (Å²) in [6.45, 7) is 1.88. The maximum atomic E-state index is 12.8. The van der Waals surface area contributed by atoms with Crippen molar-refractivity contribution in [2.45, 2.75) is 29.9 Å². The molecule has 7 nitrogen and oxygen atoms in total. The van der Waals surface area contributed by atoms with E-state index in [0.29, 0.717) is 39.0 Å². The van der Waals surface area contributed by atoms with Gasteiger partial charge in [0.1, 0.15) is 6.04 Å². The van der Waals surface area contributed by atoms with Gasteiger partial charge in [-0.25, -0.2) is 8.42 Å². The monoisotopic (exact) mass is 389 g/mol. The third-order valence-corrected chi connectivity index (χ3v) is 6.62. The molecule has 2 fully saturated rings. The van der Waals surface area contributed by atoms with Gasteiger partial charge in [-0.05, 0) is 25.0 Å². The van der Waals surface area contributed by atoms with Gasteiger partial charge in [0.2, 0.25) is 15.9 Å². The van der Waals surface area contributed by atoms with Crippen LogP contribution in [-0.2, 0) is 14.8 Å². The molecule has 3 unspecified atom stereocenters. The predicted molar refractivity (Wildman–Crippen MR) is 96.0 cm³/mol. The number of β-amino-alcohol motifs (C(OH)–C–C–N with tert-alkyl or cyclic N) is 1. The van der Waals surface area contributed by atoms with Gasteiger partial charge in [-0.1, -0.05) is 18.2 Å². The Morgan fingerprint density at radius 1 is 1.28 bits per heavy atom. The maximum Gasteiger partial charge on any atom is 0.243 e. The molecule has 3 N–H and O–H groups in total. The molecule has 1 aromatic carbocycles. The lowest BCUT2D eigenvalue weighted by Crippen LogP contribution is -2.47. The second-order valence-electron chi connectivity index (χ2n) is 6.32. The Morgan fingerprint density at radius 2 is 2.00 bits per heavy atom. The fourth-order valence-electron chi connectivity index (χ4n) is 3.29. The van der Waals surface area contributed by atoms with Crippen LogP contribution in [0.5, 0.6) is 0 Å². The molecular weight excluding hydrogens is 366 g/mol. The summed E-state index contributed by atoms with van der Waals surface area (Å²) in [5.74, 6) is -0.319. The first kappa shape index (κ1) is 20.1. The molecule has 1 amide bonds. The Hall–Kier alpha value is -1.19. The quantitative estimate of drug-likeness (QED) is 0.656. The number of sulfonamides is 1. The zero-order valence-corrected chi connectivity index (χ0v) is 15.4. The molecule has 2 heterocycles. The average molecular weight is 390 g/mol. The molecule has 0 spiro atoms. The highest BCUT2D eigenvalue weighted by Crippen LogP contribution is 2.26. The first-order chi connectivity index (χ1) is 11.5. The van der Waals surface area contributed by atoms with Crippen molar-refractivity contribution in [2.75, 3.05) is 26.2 Å². The van der Waals surface area contributed by atoms with Crippen molar-refractivity contribution >= 4 is 28.3 Å². The average Bonchev–Trinajstić information content (AvgIpc) is 3.23. The zero-order valence-electron chi connectivity index (χ0n) is 13.8. The summed E-state index contributed by atoms with van der Waals surface area (Å²) in [6, 6.07) is 7.51. The van der Waals surface area contributed by atoms with Crippen molar-refractivity contribution in [1.29, 1.82) is 0 Å². The lowest BCUT2D eigenvalue weighted by molar-refractivity contribution is -0.124. The number of carbonyl (C=O) groups is 1. The van der Waals surface area contributed by atoms with Crippen LogP contribution in [0.3, 0.4) is 0 Å². The van der Waals surface area contributed by atoms with Crippen LogP contribution in [0, 0.1) is 5.92 Å². The Morgan fingerprint density at radius 3 is 2.64 bits per heavy atom. The van der Waals surface area contributed by atoms with Crippen molar-refractivity contribution in [2.24, 2.45) is 5.92 Å². The van der Waals surface area contributed by atoms with E-state index in [1.54, 1.807) is 30.3 Å². The van der Waals surface area contributed by atoms with Gasteiger partial charge in [0.05, 0.1) is 11.0 Å². The lowest BCUT2D eigenvalue weighted by Gasteiger charge is -2.24. The number of benzene rings is 1. The van der Waals surface area contributed by atoms with E-state index in [4.69, 9.17) is 0 Å². The van der Waals surface area contributed by atoms with E-state index in [2.05, 4.69) is 10.6 Å². The van der Waals surface area contributed by atoms with Crippen molar-refractivity contribution < 1.29 is 18.3 Å². The molecule has 0 bridgehead atoms. The minimum Gasteiger partial charge on any atom is -0.391 e. The minimum absolute atomic E-state index is 0. The molecule has 9 heteroatoms. The number of nitrogens with one attached hydrogen (secondary N) is 2. The summed E-state index contributed by atoms with van der Waals surface area (Å²) in [6.07, 6.45) is 0.708. The summed E-state index contributed by atoms with van der Waals surface area (Å²) >= 11 is 0. The number of rotatable bonds is 5. The van der Waals surface area contributed by atoms with Crippen LogP contribution in [0.1, 0.15) is 12.8 Å². The van der Waals surface area contributed by atoms with Crippen LogP contribution in [0.2, 0.25) is 0 Å². The third-order valence-electron chi connectivity index (χ3n) is 4.70. The van der Waals surface area contributed by atoms with Gasteiger partial charge in [0.15, 0.2) is 0 Å². The molecule has 1 aromatic rings. The normalized spacial score (nSPS) is 27.0. The topological polar surface area (TPSA) is 98.7 Å². The van der Waals surface area contributed by atoms with Crippen molar-refractivity contribution in [3.63, 3.8) is 0 Å². The summed E-state index contributed by atoms with van der Waals surface area (Å²) in [5, 5.41) is 15.6. The summed E-state index contributed by atoms with van der Waals surface area (Å²) < 4.78 is 26.8. The number of nitrogens with zero attached hydrogens (tertiary/aromatic N) is 1. The van der Waals surface area contributed by atoms with Gasteiger partial charge in [0, 0.05) is 32.1 Å². The smallest absolute Gasteiger partial charge is 0.243 e. The van der Waals surface area contributed by atoms with Crippen molar-refractivity contribution in [1.82, 2.24) is 14.9 Å². The minimum atomic E-state index is -3.67. The van der Waals surface area contributed by atoms with Gasteiger partial charge in [-0.3, -0.25) is 4.79 Å². The van der Waals surface area contributed by atoms with E-state index < -0.39 is 22.2 Å². The highest BCUT2D eigenvalue weighted by molar-refractivity contribution is 7.89. The van der Waals surface area contributed by atoms with E-state index >= 15 is 0 Å². The largest absolute Gasteiger partial charge is 0.391 e. The van der Waals surface area contributed by atoms with Gasteiger partial charge in [-0.2, -0.15) is 4.31 Å². The standard InChI is InChI=1S/C16H23N3O4S.ClH/c20-15-11-17-9-12(15)10-18-16(21)14-7-4-8-19(14)24(22,23)13-5-2-1-3-6-13;/h1-3,5-6,12,14-15,17,20H,4,7-11H2,(H,18,21);1H. The second-order valence-corrected chi connectivity index (χ2v) is 8.21. The Bertz CT molecular complexity index is 686. The number of aliphatic hydroxyl groups is 1. The first-order valence-corrected chi connectivity index (χ1v) is 9.67. The van der Waals surface area contributed by atoms with Crippen LogP contribution in [0.4, 0.5) is 0 Å². The molecule has 0 radical (unpaired) electrons. The molecule has 2 aliphatic rings. The molecule has 2 saturated heterocycles. The van der Waals surface area contributed by atoms with E-state index in [1.807, 2.05) is 0 Å². The van der Waals surface area contributed by atoms with Gasteiger partial charge in [-0.15, -0.1) is 12.4 Å². The molecule has 0 aliphatic carbocycles. The molecule has 25 heavy (non-hydrogen) atoms. The molecule has 0 saturated carbocycles. The lowest BCUT2D eigenvalue weighted by atomic mass is 10.1. The maximum absolute atomic E-state index is 12.8.